The van der Waals surface area contributed by atoms with Crippen LogP contribution in [0.15, 0.2) is 22.9 Å². The summed E-state index contributed by atoms with van der Waals surface area (Å²) in [4.78, 5) is 8.51. The Labute approximate surface area is 105 Å². The lowest BCUT2D eigenvalue weighted by Crippen LogP contribution is -2.08. The van der Waals surface area contributed by atoms with E-state index in [1.54, 1.807) is 17.4 Å². The van der Waals surface area contributed by atoms with Crippen molar-refractivity contribution in [2.75, 3.05) is 17.6 Å². The molecule has 90 valence electrons. The lowest BCUT2D eigenvalue weighted by atomic mass is 10.2. The fourth-order valence-corrected chi connectivity index (χ4v) is 2.24. The average molecular weight is 248 g/mol. The van der Waals surface area contributed by atoms with Gasteiger partial charge in [0.05, 0.1) is 0 Å². The maximum absolute atomic E-state index is 5.71. The number of thiophene rings is 1. The van der Waals surface area contributed by atoms with Gasteiger partial charge in [-0.1, -0.05) is 6.92 Å². The highest BCUT2D eigenvalue weighted by Crippen LogP contribution is 2.10. The lowest BCUT2D eigenvalue weighted by molar-refractivity contribution is 0.930. The van der Waals surface area contributed by atoms with Gasteiger partial charge in [-0.15, -0.1) is 0 Å². The van der Waals surface area contributed by atoms with Crippen molar-refractivity contribution in [2.45, 2.75) is 19.8 Å². The highest BCUT2D eigenvalue weighted by atomic mass is 32.1. The normalized spacial score (nSPS) is 10.4. The molecule has 2 aromatic rings. The predicted molar refractivity (Wildman–Crippen MR) is 72.3 cm³/mol. The molecule has 0 aromatic carbocycles. The van der Waals surface area contributed by atoms with Crippen molar-refractivity contribution in [2.24, 2.45) is 0 Å². The van der Waals surface area contributed by atoms with Crippen molar-refractivity contribution in [3.05, 3.63) is 34.3 Å². The van der Waals surface area contributed by atoms with Crippen LogP contribution in [0.5, 0.6) is 0 Å². The van der Waals surface area contributed by atoms with E-state index in [9.17, 15) is 0 Å². The van der Waals surface area contributed by atoms with Gasteiger partial charge in [-0.2, -0.15) is 11.3 Å². The first-order chi connectivity index (χ1) is 8.28. The zero-order valence-electron chi connectivity index (χ0n) is 9.81. The quantitative estimate of drug-likeness (QED) is 0.852. The summed E-state index contributed by atoms with van der Waals surface area (Å²) in [5.41, 5.74) is 7.06. The minimum absolute atomic E-state index is 0.523. The van der Waals surface area contributed by atoms with Crippen LogP contribution in [-0.2, 0) is 12.8 Å². The van der Waals surface area contributed by atoms with E-state index >= 15 is 0 Å². The Bertz CT molecular complexity index is 467. The molecule has 5 heteroatoms. The van der Waals surface area contributed by atoms with Gasteiger partial charge in [0.15, 0.2) is 0 Å². The molecular formula is C12H16N4S. The van der Waals surface area contributed by atoms with E-state index in [0.29, 0.717) is 5.82 Å². The Morgan fingerprint density at radius 2 is 2.29 bits per heavy atom. The first-order valence-corrected chi connectivity index (χ1v) is 6.60. The lowest BCUT2D eigenvalue weighted by Gasteiger charge is -2.07. The summed E-state index contributed by atoms with van der Waals surface area (Å²) in [6, 6.07) is 3.91. The molecule has 0 unspecified atom stereocenters. The second kappa shape index (κ2) is 5.63. The number of nitrogens with zero attached hydrogens (tertiary/aromatic N) is 2. The highest BCUT2D eigenvalue weighted by Gasteiger charge is 2.00. The van der Waals surface area contributed by atoms with Crippen molar-refractivity contribution in [3.63, 3.8) is 0 Å². The molecule has 0 saturated carbocycles. The first kappa shape index (κ1) is 11.9. The van der Waals surface area contributed by atoms with E-state index in [0.717, 1.165) is 31.0 Å². The van der Waals surface area contributed by atoms with Gasteiger partial charge in [-0.3, -0.25) is 0 Å². The van der Waals surface area contributed by atoms with Crippen LogP contribution in [0, 0.1) is 0 Å². The number of rotatable bonds is 5. The summed E-state index contributed by atoms with van der Waals surface area (Å²) in [5.74, 6) is 2.11. The van der Waals surface area contributed by atoms with Crippen molar-refractivity contribution in [1.29, 1.82) is 0 Å². The molecule has 2 rings (SSSR count). The van der Waals surface area contributed by atoms with E-state index < -0.39 is 0 Å². The number of hydrogen-bond donors (Lipinski definition) is 2. The number of anilines is 2. The maximum atomic E-state index is 5.71. The van der Waals surface area contributed by atoms with Gasteiger partial charge in [0.1, 0.15) is 17.5 Å². The zero-order valence-corrected chi connectivity index (χ0v) is 10.6. The molecular weight excluding hydrogens is 232 g/mol. The first-order valence-electron chi connectivity index (χ1n) is 5.66. The molecule has 0 bridgehead atoms. The van der Waals surface area contributed by atoms with Gasteiger partial charge in [-0.25, -0.2) is 9.97 Å². The van der Waals surface area contributed by atoms with Crippen LogP contribution in [-0.4, -0.2) is 16.5 Å². The van der Waals surface area contributed by atoms with E-state index in [1.165, 1.54) is 5.56 Å². The number of aryl methyl sites for hydroxylation is 1. The molecule has 2 heterocycles. The predicted octanol–water partition coefficient (Wildman–Crippen LogP) is 2.34. The number of nitrogens with one attached hydrogen (secondary N) is 1. The van der Waals surface area contributed by atoms with Crippen LogP contribution in [0.25, 0.3) is 0 Å². The molecule has 0 fully saturated rings. The monoisotopic (exact) mass is 248 g/mol. The van der Waals surface area contributed by atoms with Crippen molar-refractivity contribution in [3.8, 4) is 0 Å². The Morgan fingerprint density at radius 1 is 1.41 bits per heavy atom. The molecule has 0 aliphatic heterocycles. The summed E-state index contributed by atoms with van der Waals surface area (Å²) >= 11 is 1.72. The van der Waals surface area contributed by atoms with E-state index in [2.05, 4.69) is 32.1 Å². The maximum Gasteiger partial charge on any atom is 0.132 e. The van der Waals surface area contributed by atoms with E-state index in [1.807, 2.05) is 6.92 Å². The minimum Gasteiger partial charge on any atom is -0.384 e. The van der Waals surface area contributed by atoms with Crippen molar-refractivity contribution < 1.29 is 0 Å². The molecule has 17 heavy (non-hydrogen) atoms. The average Bonchev–Trinajstić information content (AvgIpc) is 2.81. The van der Waals surface area contributed by atoms with Gasteiger partial charge in [0.2, 0.25) is 0 Å². The second-order valence-corrected chi connectivity index (χ2v) is 4.54. The molecule has 0 amide bonds. The topological polar surface area (TPSA) is 63.8 Å². The number of hydrogen-bond acceptors (Lipinski definition) is 5. The molecule has 2 aromatic heterocycles. The van der Waals surface area contributed by atoms with Gasteiger partial charge in [0, 0.05) is 19.0 Å². The number of aromatic nitrogens is 2. The summed E-state index contributed by atoms with van der Waals surface area (Å²) < 4.78 is 0. The standard InChI is InChI=1S/C12H16N4S/c1-2-11-15-10(13)7-12(16-11)14-5-3-9-4-6-17-8-9/h4,6-8H,2-3,5H2,1H3,(H3,13,14,15,16). The largest absolute Gasteiger partial charge is 0.384 e. The van der Waals surface area contributed by atoms with E-state index in [4.69, 9.17) is 5.73 Å². The Morgan fingerprint density at radius 3 is 3.00 bits per heavy atom. The number of nitrogen functional groups attached to an aromatic ring is 1. The van der Waals surface area contributed by atoms with Crippen molar-refractivity contribution in [1.82, 2.24) is 9.97 Å². The van der Waals surface area contributed by atoms with E-state index in [-0.39, 0.29) is 0 Å². The molecule has 4 nitrogen and oxygen atoms in total. The minimum atomic E-state index is 0.523. The fourth-order valence-electron chi connectivity index (χ4n) is 1.54. The van der Waals surface area contributed by atoms with Crippen LogP contribution >= 0.6 is 11.3 Å². The molecule has 0 spiro atoms. The third kappa shape index (κ3) is 3.42. The molecule has 0 aliphatic rings. The SMILES string of the molecule is CCc1nc(N)cc(NCCc2ccsc2)n1. The molecule has 0 atom stereocenters. The summed E-state index contributed by atoms with van der Waals surface area (Å²) in [6.45, 7) is 2.88. The van der Waals surface area contributed by atoms with Gasteiger partial charge < -0.3 is 11.1 Å². The molecule has 3 N–H and O–H groups in total. The zero-order chi connectivity index (χ0) is 12.1. The Kier molecular flexibility index (Phi) is 3.93. The second-order valence-electron chi connectivity index (χ2n) is 3.76. The summed E-state index contributed by atoms with van der Waals surface area (Å²) in [7, 11) is 0. The Hall–Kier alpha value is -1.62. The molecule has 0 aliphatic carbocycles. The summed E-state index contributed by atoms with van der Waals surface area (Å²) in [5, 5.41) is 7.52. The third-order valence-electron chi connectivity index (χ3n) is 2.41. The smallest absolute Gasteiger partial charge is 0.132 e. The third-order valence-corrected chi connectivity index (χ3v) is 3.14. The Balaban J connectivity index is 1.92. The molecule has 0 radical (unpaired) electrons. The van der Waals surface area contributed by atoms with Crippen LogP contribution < -0.4 is 11.1 Å². The van der Waals surface area contributed by atoms with Gasteiger partial charge in [-0.05, 0) is 28.8 Å². The van der Waals surface area contributed by atoms with Crippen LogP contribution in [0.1, 0.15) is 18.3 Å². The van der Waals surface area contributed by atoms with Gasteiger partial charge >= 0.3 is 0 Å². The summed E-state index contributed by atoms with van der Waals surface area (Å²) in [6.07, 6.45) is 1.79. The number of nitrogens with two attached hydrogens (primary N) is 1. The van der Waals surface area contributed by atoms with Gasteiger partial charge in [0.25, 0.3) is 0 Å². The van der Waals surface area contributed by atoms with Crippen LogP contribution in [0.2, 0.25) is 0 Å². The van der Waals surface area contributed by atoms with Crippen LogP contribution in [0.4, 0.5) is 11.6 Å². The highest BCUT2D eigenvalue weighted by molar-refractivity contribution is 7.07. The van der Waals surface area contributed by atoms with Crippen molar-refractivity contribution >= 4 is 23.0 Å². The van der Waals surface area contributed by atoms with Crippen LogP contribution in [0.3, 0.4) is 0 Å². The molecule has 0 saturated heterocycles. The fraction of sp³-hybridized carbons (Fsp3) is 0.333.